The van der Waals surface area contributed by atoms with Crippen LogP contribution < -0.4 is 5.73 Å². The average Bonchev–Trinajstić information content (AvgIpc) is 2.70. The quantitative estimate of drug-likeness (QED) is 0.317. The van der Waals surface area contributed by atoms with Crippen LogP contribution in [-0.4, -0.2) is 24.1 Å². The number of rotatable bonds is 10. The molecule has 3 heteroatoms. The molecule has 1 unspecified atom stereocenters. The van der Waals surface area contributed by atoms with E-state index >= 15 is 0 Å². The van der Waals surface area contributed by atoms with Crippen molar-refractivity contribution in [3.63, 3.8) is 0 Å². The van der Waals surface area contributed by atoms with E-state index in [1.54, 1.807) is 0 Å². The van der Waals surface area contributed by atoms with Gasteiger partial charge in [0, 0.05) is 12.1 Å². The van der Waals surface area contributed by atoms with Crippen LogP contribution in [0.3, 0.4) is 0 Å². The van der Waals surface area contributed by atoms with Crippen LogP contribution in [-0.2, 0) is 11.8 Å². The van der Waals surface area contributed by atoms with E-state index in [2.05, 4.69) is 57.0 Å². The maximum absolute atomic E-state index is 13.1. The molecule has 2 N–H and O–H groups in total. The van der Waals surface area contributed by atoms with E-state index in [4.69, 9.17) is 5.73 Å². The van der Waals surface area contributed by atoms with Gasteiger partial charge in [-0.05, 0) is 29.4 Å². The zero-order valence-electron chi connectivity index (χ0n) is 18.4. The Bertz CT molecular complexity index is 786. The van der Waals surface area contributed by atoms with Gasteiger partial charge in [-0.1, -0.05) is 102 Å². The monoisotopic (exact) mass is 392 g/mol. The molecule has 0 saturated heterocycles. The second-order valence-electron chi connectivity index (χ2n) is 8.78. The van der Waals surface area contributed by atoms with Gasteiger partial charge in [-0.25, -0.2) is 0 Å². The molecule has 29 heavy (non-hydrogen) atoms. The van der Waals surface area contributed by atoms with Crippen LogP contribution in [0.4, 0.5) is 0 Å². The number of aliphatic imine (C=N–C) groups is 1. The number of carbonyl (C=O) groups is 1. The Morgan fingerprint density at radius 3 is 2.21 bits per heavy atom. The molecule has 0 heterocycles. The SMILES string of the molecule is CCCCCCN=C(C(=O)c1ccccc1)C(N)Cc1ccc(C(C)(C)C)cc1. The molecule has 0 amide bonds. The summed E-state index contributed by atoms with van der Waals surface area (Å²) in [4.78, 5) is 17.7. The number of ketones is 1. The number of unbranched alkanes of at least 4 members (excludes halogenated alkanes) is 3. The number of benzene rings is 2. The molecule has 0 aliphatic heterocycles. The molecule has 0 fully saturated rings. The molecule has 0 saturated carbocycles. The maximum Gasteiger partial charge on any atom is 0.208 e. The summed E-state index contributed by atoms with van der Waals surface area (Å²) in [5, 5.41) is 0. The highest BCUT2D eigenvalue weighted by Crippen LogP contribution is 2.22. The Morgan fingerprint density at radius 1 is 0.966 bits per heavy atom. The van der Waals surface area contributed by atoms with Gasteiger partial charge in [-0.2, -0.15) is 0 Å². The smallest absolute Gasteiger partial charge is 0.208 e. The Hall–Kier alpha value is -2.26. The summed E-state index contributed by atoms with van der Waals surface area (Å²) in [5.74, 6) is -0.0556. The fourth-order valence-electron chi connectivity index (χ4n) is 3.32. The molecular weight excluding hydrogens is 356 g/mol. The summed E-state index contributed by atoms with van der Waals surface area (Å²) in [5.41, 5.74) is 10.2. The molecule has 2 rings (SSSR count). The van der Waals surface area contributed by atoms with E-state index in [0.717, 1.165) is 18.4 Å². The van der Waals surface area contributed by atoms with Crippen LogP contribution >= 0.6 is 0 Å². The Kier molecular flexibility index (Phi) is 8.78. The predicted octanol–water partition coefficient (Wildman–Crippen LogP) is 5.76. The Balaban J connectivity index is 2.16. The molecule has 3 nitrogen and oxygen atoms in total. The van der Waals surface area contributed by atoms with Gasteiger partial charge in [-0.3, -0.25) is 9.79 Å². The highest BCUT2D eigenvalue weighted by atomic mass is 16.1. The zero-order chi connectivity index (χ0) is 21.3. The topological polar surface area (TPSA) is 55.5 Å². The molecule has 2 aromatic rings. The summed E-state index contributed by atoms with van der Waals surface area (Å²) < 4.78 is 0. The van der Waals surface area contributed by atoms with Gasteiger partial charge >= 0.3 is 0 Å². The summed E-state index contributed by atoms with van der Waals surface area (Å²) in [6.07, 6.45) is 5.12. The van der Waals surface area contributed by atoms with Crippen molar-refractivity contribution in [2.75, 3.05) is 6.54 Å². The highest BCUT2D eigenvalue weighted by molar-refractivity contribution is 6.47. The van der Waals surface area contributed by atoms with Gasteiger partial charge in [-0.15, -0.1) is 0 Å². The van der Waals surface area contributed by atoms with E-state index in [1.165, 1.54) is 18.4 Å². The number of nitrogens with two attached hydrogens (primary N) is 1. The molecule has 0 bridgehead atoms. The van der Waals surface area contributed by atoms with Gasteiger partial charge < -0.3 is 5.73 Å². The predicted molar refractivity (Wildman–Crippen MR) is 124 cm³/mol. The lowest BCUT2D eigenvalue weighted by molar-refractivity contribution is 0.106. The number of hydrogen-bond donors (Lipinski definition) is 1. The first-order valence-electron chi connectivity index (χ1n) is 10.8. The van der Waals surface area contributed by atoms with Crippen LogP contribution in [0, 0.1) is 0 Å². The molecule has 0 aromatic heterocycles. The van der Waals surface area contributed by atoms with Crippen molar-refractivity contribution >= 4 is 11.5 Å². The van der Waals surface area contributed by atoms with Gasteiger partial charge in [0.2, 0.25) is 5.78 Å². The summed E-state index contributed by atoms with van der Waals surface area (Å²) >= 11 is 0. The molecular formula is C26H36N2O. The zero-order valence-corrected chi connectivity index (χ0v) is 18.4. The van der Waals surface area contributed by atoms with Crippen molar-refractivity contribution in [1.82, 2.24) is 0 Å². The van der Waals surface area contributed by atoms with Crippen LogP contribution in [0.5, 0.6) is 0 Å². The van der Waals surface area contributed by atoms with Crippen molar-refractivity contribution < 1.29 is 4.79 Å². The van der Waals surface area contributed by atoms with Crippen molar-refractivity contribution in [2.24, 2.45) is 10.7 Å². The van der Waals surface area contributed by atoms with Crippen LogP contribution in [0.1, 0.15) is 74.9 Å². The summed E-state index contributed by atoms with van der Waals surface area (Å²) in [6, 6.07) is 17.5. The van der Waals surface area contributed by atoms with E-state index in [9.17, 15) is 4.79 Å². The molecule has 2 aromatic carbocycles. The first-order chi connectivity index (χ1) is 13.8. The number of carbonyl (C=O) groups excluding carboxylic acids is 1. The Labute approximate surface area is 176 Å². The van der Waals surface area contributed by atoms with E-state index in [1.807, 2.05) is 30.3 Å². The van der Waals surface area contributed by atoms with Gasteiger partial charge in [0.15, 0.2) is 0 Å². The van der Waals surface area contributed by atoms with Crippen molar-refractivity contribution in [3.05, 3.63) is 71.3 Å². The minimum Gasteiger partial charge on any atom is -0.322 e. The third-order valence-corrected chi connectivity index (χ3v) is 5.19. The first-order valence-corrected chi connectivity index (χ1v) is 10.8. The normalized spacial score (nSPS) is 13.3. The lowest BCUT2D eigenvalue weighted by Gasteiger charge is -2.20. The van der Waals surface area contributed by atoms with Crippen LogP contribution in [0.15, 0.2) is 59.6 Å². The first kappa shape index (κ1) is 23.0. The molecule has 0 radical (unpaired) electrons. The number of hydrogen-bond acceptors (Lipinski definition) is 3. The molecule has 0 aliphatic carbocycles. The largest absolute Gasteiger partial charge is 0.322 e. The molecule has 0 spiro atoms. The second kappa shape index (κ2) is 11.1. The van der Waals surface area contributed by atoms with E-state index < -0.39 is 6.04 Å². The fourth-order valence-corrected chi connectivity index (χ4v) is 3.32. The van der Waals surface area contributed by atoms with Crippen molar-refractivity contribution in [3.8, 4) is 0 Å². The number of Topliss-reactive ketones (excluding diaryl/α,β-unsaturated/α-hetero) is 1. The Morgan fingerprint density at radius 2 is 1.62 bits per heavy atom. The maximum atomic E-state index is 13.1. The summed E-state index contributed by atoms with van der Waals surface area (Å²) in [6.45, 7) is 9.46. The van der Waals surface area contributed by atoms with Gasteiger partial charge in [0.1, 0.15) is 0 Å². The standard InChI is InChI=1S/C26H36N2O/c1-5-6-7-11-18-28-24(25(29)21-12-9-8-10-13-21)23(27)19-20-14-16-22(17-15-20)26(2,3)4/h8-10,12-17,23H,5-7,11,18-19,27H2,1-4H3. The van der Waals surface area contributed by atoms with Gasteiger partial charge in [0.05, 0.1) is 11.8 Å². The summed E-state index contributed by atoms with van der Waals surface area (Å²) in [7, 11) is 0. The van der Waals surface area contributed by atoms with Crippen LogP contribution in [0.2, 0.25) is 0 Å². The minimum atomic E-state index is -0.408. The highest BCUT2D eigenvalue weighted by Gasteiger charge is 2.21. The molecule has 0 aliphatic rings. The third-order valence-electron chi connectivity index (χ3n) is 5.19. The fraction of sp³-hybridized carbons (Fsp3) is 0.462. The molecule has 156 valence electrons. The number of nitrogens with zero attached hydrogens (tertiary/aromatic N) is 1. The van der Waals surface area contributed by atoms with Gasteiger partial charge in [0.25, 0.3) is 0 Å². The van der Waals surface area contributed by atoms with Crippen LogP contribution in [0.25, 0.3) is 0 Å². The lowest BCUT2D eigenvalue weighted by Crippen LogP contribution is -2.38. The van der Waals surface area contributed by atoms with Crippen molar-refractivity contribution in [1.29, 1.82) is 0 Å². The minimum absolute atomic E-state index is 0.0556. The lowest BCUT2D eigenvalue weighted by atomic mass is 9.86. The van der Waals surface area contributed by atoms with Crippen molar-refractivity contribution in [2.45, 2.75) is 71.3 Å². The third kappa shape index (κ3) is 7.25. The second-order valence-corrected chi connectivity index (χ2v) is 8.78. The molecule has 1 atom stereocenters. The average molecular weight is 393 g/mol. The van der Waals surface area contributed by atoms with E-state index in [-0.39, 0.29) is 11.2 Å². The van der Waals surface area contributed by atoms with E-state index in [0.29, 0.717) is 24.2 Å².